The summed E-state index contributed by atoms with van der Waals surface area (Å²) in [6.07, 6.45) is 1.60. The molecule has 0 amide bonds. The molecule has 0 unspecified atom stereocenters. The summed E-state index contributed by atoms with van der Waals surface area (Å²) in [5.74, 6) is 1.42. The highest BCUT2D eigenvalue weighted by Gasteiger charge is 2.29. The van der Waals surface area contributed by atoms with Gasteiger partial charge in [-0.05, 0) is 48.6 Å². The number of hydrogen-bond acceptors (Lipinski definition) is 1. The van der Waals surface area contributed by atoms with Crippen molar-refractivity contribution in [3.8, 4) is 0 Å². The third-order valence-electron chi connectivity index (χ3n) is 4.28. The Kier molecular flexibility index (Phi) is 5.08. The van der Waals surface area contributed by atoms with Crippen molar-refractivity contribution in [1.82, 2.24) is 0 Å². The van der Waals surface area contributed by atoms with Crippen molar-refractivity contribution in [2.45, 2.75) is 57.9 Å². The smallest absolute Gasteiger partial charge is 0.287 e. The van der Waals surface area contributed by atoms with Gasteiger partial charge < -0.3 is 0 Å². The second kappa shape index (κ2) is 6.61. The van der Waals surface area contributed by atoms with Crippen molar-refractivity contribution in [2.24, 2.45) is 5.92 Å². The second-order valence-electron chi connectivity index (χ2n) is 5.60. The molecule has 0 aliphatic heterocycles. The van der Waals surface area contributed by atoms with Gasteiger partial charge in [-0.3, -0.25) is 4.74 Å². The minimum atomic E-state index is -4.56. The van der Waals surface area contributed by atoms with Crippen molar-refractivity contribution >= 4 is 0 Å². The summed E-state index contributed by atoms with van der Waals surface area (Å²) in [6.45, 7) is 1.83. The first-order chi connectivity index (χ1) is 9.48. The largest absolute Gasteiger partial charge is 0.522 e. The van der Waals surface area contributed by atoms with Crippen molar-refractivity contribution in [2.75, 3.05) is 0 Å². The Morgan fingerprint density at radius 1 is 1.05 bits per heavy atom. The van der Waals surface area contributed by atoms with Gasteiger partial charge in [-0.1, -0.05) is 37.6 Å². The van der Waals surface area contributed by atoms with E-state index in [0.29, 0.717) is 11.5 Å². The normalized spacial score (nSPS) is 23.8. The quantitative estimate of drug-likeness (QED) is 0.719. The first-order valence-corrected chi connectivity index (χ1v) is 7.27. The van der Waals surface area contributed by atoms with Crippen LogP contribution in [-0.2, 0) is 11.3 Å². The van der Waals surface area contributed by atoms with E-state index in [1.165, 1.54) is 37.7 Å². The molecule has 112 valence electrons. The highest BCUT2D eigenvalue weighted by Crippen LogP contribution is 2.36. The van der Waals surface area contributed by atoms with Crippen LogP contribution in [-0.4, -0.2) is 6.36 Å². The Hall–Kier alpha value is -1.03. The van der Waals surface area contributed by atoms with Crippen LogP contribution in [0.5, 0.6) is 0 Å². The van der Waals surface area contributed by atoms with Gasteiger partial charge in [0.05, 0.1) is 6.61 Å². The average molecular weight is 286 g/mol. The van der Waals surface area contributed by atoms with E-state index in [4.69, 9.17) is 0 Å². The fraction of sp³-hybridized carbons (Fsp3) is 0.625. The van der Waals surface area contributed by atoms with Crippen LogP contribution in [0.3, 0.4) is 0 Å². The summed E-state index contributed by atoms with van der Waals surface area (Å²) in [5.41, 5.74) is 1.81. The van der Waals surface area contributed by atoms with Gasteiger partial charge in [0.25, 0.3) is 0 Å². The minimum Gasteiger partial charge on any atom is -0.287 e. The Bertz CT molecular complexity index is 403. The third kappa shape index (κ3) is 4.51. The molecule has 4 heteroatoms. The van der Waals surface area contributed by atoms with Crippen molar-refractivity contribution in [3.63, 3.8) is 0 Å². The standard InChI is InChI=1S/C16H21F3O/c1-2-12-3-7-14(8-4-12)15-9-5-13(6-10-15)11-20-16(17,18)19/h5-6,9-10,12,14H,2-4,7-8,11H2,1H3. The molecular formula is C16H21F3O. The van der Waals surface area contributed by atoms with E-state index in [1.54, 1.807) is 12.1 Å². The van der Waals surface area contributed by atoms with E-state index in [-0.39, 0.29) is 0 Å². The summed E-state index contributed by atoms with van der Waals surface area (Å²) < 4.78 is 39.7. The first-order valence-electron chi connectivity index (χ1n) is 7.27. The van der Waals surface area contributed by atoms with Crippen LogP contribution in [0.25, 0.3) is 0 Å². The molecule has 1 aromatic rings. The van der Waals surface area contributed by atoms with E-state index >= 15 is 0 Å². The van der Waals surface area contributed by atoms with E-state index in [2.05, 4.69) is 11.7 Å². The van der Waals surface area contributed by atoms with Crippen molar-refractivity contribution in [3.05, 3.63) is 35.4 Å². The molecule has 0 radical (unpaired) electrons. The summed E-state index contributed by atoms with van der Waals surface area (Å²) in [7, 11) is 0. The molecule has 0 bridgehead atoms. The van der Waals surface area contributed by atoms with Gasteiger partial charge in [-0.15, -0.1) is 13.2 Å². The van der Waals surface area contributed by atoms with Crippen LogP contribution in [0.2, 0.25) is 0 Å². The zero-order chi connectivity index (χ0) is 14.6. The van der Waals surface area contributed by atoms with Crippen LogP contribution in [0.4, 0.5) is 13.2 Å². The lowest BCUT2D eigenvalue weighted by atomic mass is 9.78. The number of rotatable bonds is 4. The molecule has 1 aromatic carbocycles. The maximum absolute atomic E-state index is 12.0. The van der Waals surface area contributed by atoms with Crippen LogP contribution in [0.15, 0.2) is 24.3 Å². The molecule has 20 heavy (non-hydrogen) atoms. The van der Waals surface area contributed by atoms with E-state index < -0.39 is 13.0 Å². The topological polar surface area (TPSA) is 9.23 Å². The Balaban J connectivity index is 1.88. The lowest BCUT2D eigenvalue weighted by Crippen LogP contribution is -2.13. The lowest BCUT2D eigenvalue weighted by Gasteiger charge is -2.28. The maximum atomic E-state index is 12.0. The maximum Gasteiger partial charge on any atom is 0.522 e. The Labute approximate surface area is 118 Å². The molecule has 1 nitrogen and oxygen atoms in total. The number of hydrogen-bond donors (Lipinski definition) is 0. The minimum absolute atomic E-state index is 0.410. The molecule has 0 spiro atoms. The predicted molar refractivity (Wildman–Crippen MR) is 72.3 cm³/mol. The lowest BCUT2D eigenvalue weighted by molar-refractivity contribution is -0.330. The highest BCUT2D eigenvalue weighted by molar-refractivity contribution is 5.25. The summed E-state index contributed by atoms with van der Waals surface area (Å²) >= 11 is 0. The number of ether oxygens (including phenoxy) is 1. The SMILES string of the molecule is CCC1CCC(c2ccc(COC(F)(F)F)cc2)CC1. The second-order valence-corrected chi connectivity index (χ2v) is 5.60. The van der Waals surface area contributed by atoms with Crippen LogP contribution in [0, 0.1) is 5.92 Å². The van der Waals surface area contributed by atoms with Crippen molar-refractivity contribution < 1.29 is 17.9 Å². The predicted octanol–water partition coefficient (Wildman–Crippen LogP) is 5.41. The highest BCUT2D eigenvalue weighted by atomic mass is 19.4. The monoisotopic (exact) mass is 286 g/mol. The van der Waals surface area contributed by atoms with Crippen LogP contribution < -0.4 is 0 Å². The molecule has 0 heterocycles. The number of benzene rings is 1. The van der Waals surface area contributed by atoms with Gasteiger partial charge in [0, 0.05) is 0 Å². The summed E-state index contributed by atoms with van der Waals surface area (Å²) in [5, 5.41) is 0. The molecular weight excluding hydrogens is 265 g/mol. The van der Waals surface area contributed by atoms with Gasteiger partial charge >= 0.3 is 6.36 Å². The molecule has 0 atom stereocenters. The molecule has 1 fully saturated rings. The third-order valence-corrected chi connectivity index (χ3v) is 4.28. The molecule has 2 rings (SSSR count). The molecule has 0 aromatic heterocycles. The van der Waals surface area contributed by atoms with Gasteiger partial charge in [0.2, 0.25) is 0 Å². The summed E-state index contributed by atoms with van der Waals surface area (Å²) in [4.78, 5) is 0. The van der Waals surface area contributed by atoms with E-state index in [9.17, 15) is 13.2 Å². The van der Waals surface area contributed by atoms with Crippen molar-refractivity contribution in [1.29, 1.82) is 0 Å². The molecule has 0 saturated heterocycles. The molecule has 1 aliphatic rings. The van der Waals surface area contributed by atoms with Crippen LogP contribution >= 0.6 is 0 Å². The zero-order valence-corrected chi connectivity index (χ0v) is 11.7. The van der Waals surface area contributed by atoms with Gasteiger partial charge in [0.15, 0.2) is 0 Å². The van der Waals surface area contributed by atoms with Gasteiger partial charge in [0.1, 0.15) is 0 Å². The van der Waals surface area contributed by atoms with E-state index in [1.807, 2.05) is 12.1 Å². The van der Waals surface area contributed by atoms with Crippen LogP contribution in [0.1, 0.15) is 56.1 Å². The van der Waals surface area contributed by atoms with E-state index in [0.717, 1.165) is 5.92 Å². The Morgan fingerprint density at radius 2 is 1.65 bits per heavy atom. The molecule has 1 aliphatic carbocycles. The average Bonchev–Trinajstić information content (AvgIpc) is 2.45. The fourth-order valence-electron chi connectivity index (χ4n) is 2.96. The number of alkyl halides is 3. The number of halogens is 3. The Morgan fingerprint density at radius 3 is 2.15 bits per heavy atom. The fourth-order valence-corrected chi connectivity index (χ4v) is 2.96. The van der Waals surface area contributed by atoms with Gasteiger partial charge in [-0.25, -0.2) is 0 Å². The summed E-state index contributed by atoms with van der Waals surface area (Å²) in [6, 6.07) is 7.39. The zero-order valence-electron chi connectivity index (χ0n) is 11.7. The van der Waals surface area contributed by atoms with Gasteiger partial charge in [-0.2, -0.15) is 0 Å². The first kappa shape index (κ1) is 15.4. The molecule has 1 saturated carbocycles. The molecule has 0 N–H and O–H groups in total.